The molecule has 66 valence electrons. The lowest BCUT2D eigenvalue weighted by atomic mass is 9.90. The first kappa shape index (κ1) is 9.11. The monoisotopic (exact) mass is 164 g/mol. The van der Waals surface area contributed by atoms with Crippen molar-refractivity contribution in [2.45, 2.75) is 26.7 Å². The molecule has 0 aliphatic carbocycles. The first-order valence-electron chi connectivity index (χ1n) is 4.40. The summed E-state index contributed by atoms with van der Waals surface area (Å²) in [5.41, 5.74) is 1.21. The number of hydrogen-bond donors (Lipinski definition) is 1. The average molecular weight is 164 g/mol. The Morgan fingerprint density at radius 1 is 1.17 bits per heavy atom. The standard InChI is InChI=1S/C11H16O/c1-8(2)9(3)10-5-4-6-11(12)7-10/h4-9,12H,1-3H3/t9-/m1/s1. The molecule has 0 saturated heterocycles. The van der Waals surface area contributed by atoms with Gasteiger partial charge in [-0.05, 0) is 29.5 Å². The first-order valence-corrected chi connectivity index (χ1v) is 4.40. The van der Waals surface area contributed by atoms with E-state index in [1.165, 1.54) is 5.56 Å². The molecule has 0 aromatic heterocycles. The van der Waals surface area contributed by atoms with Crippen LogP contribution in [-0.4, -0.2) is 5.11 Å². The fourth-order valence-corrected chi connectivity index (χ4v) is 1.19. The lowest BCUT2D eigenvalue weighted by Gasteiger charge is -2.15. The molecule has 1 rings (SSSR count). The van der Waals surface area contributed by atoms with Crippen LogP contribution in [0.3, 0.4) is 0 Å². The van der Waals surface area contributed by atoms with Gasteiger partial charge in [-0.25, -0.2) is 0 Å². The second-order valence-corrected chi connectivity index (χ2v) is 3.63. The zero-order chi connectivity index (χ0) is 9.14. The van der Waals surface area contributed by atoms with Crippen molar-refractivity contribution in [3.8, 4) is 5.75 Å². The largest absolute Gasteiger partial charge is 0.508 e. The number of aromatic hydroxyl groups is 1. The number of phenols is 1. The molecule has 0 bridgehead atoms. The SMILES string of the molecule is CC(C)[C@@H](C)c1cccc(O)c1. The van der Waals surface area contributed by atoms with Gasteiger partial charge in [-0.3, -0.25) is 0 Å². The highest BCUT2D eigenvalue weighted by molar-refractivity contribution is 5.29. The topological polar surface area (TPSA) is 20.2 Å². The van der Waals surface area contributed by atoms with Crippen molar-refractivity contribution in [1.29, 1.82) is 0 Å². The third-order valence-corrected chi connectivity index (χ3v) is 2.40. The van der Waals surface area contributed by atoms with E-state index in [1.807, 2.05) is 12.1 Å². The summed E-state index contributed by atoms with van der Waals surface area (Å²) < 4.78 is 0. The van der Waals surface area contributed by atoms with Crippen molar-refractivity contribution in [2.24, 2.45) is 5.92 Å². The molecule has 0 radical (unpaired) electrons. The van der Waals surface area contributed by atoms with Crippen molar-refractivity contribution >= 4 is 0 Å². The van der Waals surface area contributed by atoms with Gasteiger partial charge >= 0.3 is 0 Å². The zero-order valence-corrected chi connectivity index (χ0v) is 7.91. The molecular formula is C11H16O. The highest BCUT2D eigenvalue weighted by Gasteiger charge is 2.09. The zero-order valence-electron chi connectivity index (χ0n) is 7.91. The maximum absolute atomic E-state index is 9.24. The van der Waals surface area contributed by atoms with Crippen molar-refractivity contribution in [3.63, 3.8) is 0 Å². The molecule has 0 fully saturated rings. The summed E-state index contributed by atoms with van der Waals surface area (Å²) in [5, 5.41) is 9.24. The quantitative estimate of drug-likeness (QED) is 0.712. The van der Waals surface area contributed by atoms with Gasteiger partial charge in [-0.1, -0.05) is 32.9 Å². The Hall–Kier alpha value is -0.980. The minimum absolute atomic E-state index is 0.361. The van der Waals surface area contributed by atoms with Crippen LogP contribution >= 0.6 is 0 Å². The van der Waals surface area contributed by atoms with Gasteiger partial charge in [0.25, 0.3) is 0 Å². The normalized spacial score (nSPS) is 13.3. The maximum Gasteiger partial charge on any atom is 0.115 e. The Balaban J connectivity index is 2.88. The van der Waals surface area contributed by atoms with Gasteiger partial charge in [0.1, 0.15) is 5.75 Å². The van der Waals surface area contributed by atoms with E-state index in [9.17, 15) is 5.11 Å². The maximum atomic E-state index is 9.24. The van der Waals surface area contributed by atoms with Crippen LogP contribution in [0.2, 0.25) is 0 Å². The van der Waals surface area contributed by atoms with Crippen LogP contribution in [0.5, 0.6) is 5.75 Å². The second kappa shape index (κ2) is 3.61. The molecule has 0 heterocycles. The van der Waals surface area contributed by atoms with Crippen LogP contribution < -0.4 is 0 Å². The van der Waals surface area contributed by atoms with E-state index >= 15 is 0 Å². The molecule has 0 unspecified atom stereocenters. The number of phenolic OH excluding ortho intramolecular Hbond substituents is 1. The number of benzene rings is 1. The Morgan fingerprint density at radius 2 is 1.83 bits per heavy atom. The van der Waals surface area contributed by atoms with Crippen molar-refractivity contribution < 1.29 is 5.11 Å². The average Bonchev–Trinajstić information content (AvgIpc) is 2.03. The van der Waals surface area contributed by atoms with Gasteiger partial charge < -0.3 is 5.11 Å². The lowest BCUT2D eigenvalue weighted by molar-refractivity contribution is 0.470. The molecule has 1 nitrogen and oxygen atoms in total. The summed E-state index contributed by atoms with van der Waals surface area (Å²) in [6.07, 6.45) is 0. The van der Waals surface area contributed by atoms with Gasteiger partial charge in [-0.2, -0.15) is 0 Å². The van der Waals surface area contributed by atoms with Gasteiger partial charge in [0, 0.05) is 0 Å². The molecular weight excluding hydrogens is 148 g/mol. The number of rotatable bonds is 2. The molecule has 0 aliphatic heterocycles. The summed E-state index contributed by atoms with van der Waals surface area (Å²) in [5.74, 6) is 1.49. The van der Waals surface area contributed by atoms with E-state index in [0.717, 1.165) is 0 Å². The Kier molecular flexibility index (Phi) is 2.74. The minimum Gasteiger partial charge on any atom is -0.508 e. The number of hydrogen-bond acceptors (Lipinski definition) is 1. The molecule has 1 aromatic carbocycles. The molecule has 12 heavy (non-hydrogen) atoms. The van der Waals surface area contributed by atoms with Crippen molar-refractivity contribution in [3.05, 3.63) is 29.8 Å². The summed E-state index contributed by atoms with van der Waals surface area (Å²) in [7, 11) is 0. The van der Waals surface area contributed by atoms with Crippen LogP contribution in [0.15, 0.2) is 24.3 Å². The third kappa shape index (κ3) is 2.00. The molecule has 1 atom stereocenters. The van der Waals surface area contributed by atoms with E-state index in [2.05, 4.69) is 26.8 Å². The van der Waals surface area contributed by atoms with E-state index < -0.39 is 0 Å². The Bertz CT molecular complexity index is 253. The lowest BCUT2D eigenvalue weighted by Crippen LogP contribution is -2.01. The predicted molar refractivity (Wildman–Crippen MR) is 51.4 cm³/mol. The summed E-state index contributed by atoms with van der Waals surface area (Å²) in [6.45, 7) is 6.56. The smallest absolute Gasteiger partial charge is 0.115 e. The second-order valence-electron chi connectivity index (χ2n) is 3.63. The van der Waals surface area contributed by atoms with Gasteiger partial charge in [0.2, 0.25) is 0 Å². The first-order chi connectivity index (χ1) is 5.61. The fraction of sp³-hybridized carbons (Fsp3) is 0.455. The van der Waals surface area contributed by atoms with Gasteiger partial charge in [0.05, 0.1) is 0 Å². The molecule has 0 amide bonds. The van der Waals surface area contributed by atoms with Crippen LogP contribution in [0, 0.1) is 5.92 Å². The van der Waals surface area contributed by atoms with Crippen LogP contribution in [0.1, 0.15) is 32.3 Å². The summed E-state index contributed by atoms with van der Waals surface area (Å²) in [4.78, 5) is 0. The highest BCUT2D eigenvalue weighted by Crippen LogP contribution is 2.25. The molecule has 1 heteroatoms. The molecule has 0 spiro atoms. The molecule has 0 saturated carbocycles. The van der Waals surface area contributed by atoms with Crippen LogP contribution in [0.25, 0.3) is 0 Å². The molecule has 1 N–H and O–H groups in total. The van der Waals surface area contributed by atoms with Crippen LogP contribution in [0.4, 0.5) is 0 Å². The van der Waals surface area contributed by atoms with Gasteiger partial charge in [-0.15, -0.1) is 0 Å². The molecule has 1 aromatic rings. The van der Waals surface area contributed by atoms with Crippen molar-refractivity contribution in [1.82, 2.24) is 0 Å². The third-order valence-electron chi connectivity index (χ3n) is 2.40. The van der Waals surface area contributed by atoms with Crippen LogP contribution in [-0.2, 0) is 0 Å². The summed E-state index contributed by atoms with van der Waals surface area (Å²) >= 11 is 0. The summed E-state index contributed by atoms with van der Waals surface area (Å²) in [6, 6.07) is 7.50. The predicted octanol–water partition coefficient (Wildman–Crippen LogP) is 3.15. The highest BCUT2D eigenvalue weighted by atomic mass is 16.3. The Morgan fingerprint density at radius 3 is 2.33 bits per heavy atom. The Labute approximate surface area is 74.1 Å². The van der Waals surface area contributed by atoms with E-state index in [4.69, 9.17) is 0 Å². The van der Waals surface area contributed by atoms with Gasteiger partial charge in [0.15, 0.2) is 0 Å². The minimum atomic E-state index is 0.361. The van der Waals surface area contributed by atoms with E-state index in [0.29, 0.717) is 17.6 Å². The van der Waals surface area contributed by atoms with E-state index in [-0.39, 0.29) is 0 Å². The van der Waals surface area contributed by atoms with E-state index in [1.54, 1.807) is 6.07 Å². The van der Waals surface area contributed by atoms with Crippen molar-refractivity contribution in [2.75, 3.05) is 0 Å². The fourth-order valence-electron chi connectivity index (χ4n) is 1.19. The molecule has 0 aliphatic rings.